The minimum Gasteiger partial charge on any atom is -0.444 e. The van der Waals surface area contributed by atoms with Gasteiger partial charge in [-0.15, -0.1) is 0 Å². The molecule has 5 nitrogen and oxygen atoms in total. The molecular weight excluding hydrogens is 320 g/mol. The molecule has 0 heterocycles. The number of nitrogens with one attached hydrogen (secondary N) is 2. The summed E-state index contributed by atoms with van der Waals surface area (Å²) in [6.07, 6.45) is 0.414. The van der Waals surface area contributed by atoms with Crippen LogP contribution in [0.15, 0.2) is 0 Å². The molecule has 1 amide bonds. The number of hydrogen-bond donors (Lipinski definition) is 2. The van der Waals surface area contributed by atoms with Gasteiger partial charge in [-0.05, 0) is 46.1 Å². The van der Waals surface area contributed by atoms with Crippen LogP contribution < -0.4 is 10.6 Å². The molecule has 0 saturated carbocycles. The lowest BCUT2D eigenvalue weighted by Crippen LogP contribution is -2.50. The van der Waals surface area contributed by atoms with E-state index >= 15 is 0 Å². The zero-order valence-corrected chi connectivity index (χ0v) is 18.1. The van der Waals surface area contributed by atoms with Crippen molar-refractivity contribution in [2.24, 2.45) is 5.92 Å². The van der Waals surface area contributed by atoms with Crippen molar-refractivity contribution in [1.82, 2.24) is 10.6 Å². The van der Waals surface area contributed by atoms with E-state index in [1.165, 1.54) is 0 Å². The van der Waals surface area contributed by atoms with Crippen molar-refractivity contribution in [1.29, 1.82) is 0 Å². The third-order valence-electron chi connectivity index (χ3n) is 3.39. The molecule has 0 aliphatic carbocycles. The second kappa shape index (κ2) is 9.56. The second-order valence-corrected chi connectivity index (χ2v) is 14.8. The minimum absolute atomic E-state index is 0.0273. The summed E-state index contributed by atoms with van der Waals surface area (Å²) in [4.78, 5) is 23.9. The summed E-state index contributed by atoms with van der Waals surface area (Å²) in [6.45, 7) is 18.8. The van der Waals surface area contributed by atoms with Crippen molar-refractivity contribution in [3.63, 3.8) is 0 Å². The van der Waals surface area contributed by atoms with Gasteiger partial charge in [0.15, 0.2) is 0 Å². The highest BCUT2D eigenvalue weighted by Crippen LogP contribution is 2.14. The molecule has 0 rings (SSSR count). The number of ketones is 1. The van der Waals surface area contributed by atoms with Gasteiger partial charge in [0.05, 0.1) is 6.04 Å². The van der Waals surface area contributed by atoms with E-state index in [0.29, 0.717) is 12.5 Å². The summed E-state index contributed by atoms with van der Waals surface area (Å²) in [5, 5.41) is 6.32. The number of alkyl carbamates (subject to hydrolysis) is 1. The van der Waals surface area contributed by atoms with E-state index in [0.717, 1.165) is 12.5 Å². The molecular formula is C18H38N2O3Si. The van der Waals surface area contributed by atoms with E-state index in [1.807, 2.05) is 20.8 Å². The van der Waals surface area contributed by atoms with E-state index in [9.17, 15) is 9.59 Å². The van der Waals surface area contributed by atoms with Gasteiger partial charge < -0.3 is 15.4 Å². The van der Waals surface area contributed by atoms with E-state index in [4.69, 9.17) is 4.74 Å². The molecule has 0 aromatic rings. The topological polar surface area (TPSA) is 67.4 Å². The van der Waals surface area contributed by atoms with Crippen LogP contribution in [0.2, 0.25) is 25.7 Å². The van der Waals surface area contributed by atoms with Crippen LogP contribution in [-0.2, 0) is 9.53 Å². The van der Waals surface area contributed by atoms with Gasteiger partial charge in [0.2, 0.25) is 0 Å². The molecule has 0 radical (unpaired) electrons. The van der Waals surface area contributed by atoms with Gasteiger partial charge >= 0.3 is 6.09 Å². The lowest BCUT2D eigenvalue weighted by molar-refractivity contribution is -0.119. The number of Topliss-reactive ketones (excluding diaryl/α,β-unsaturated/α-hetero) is 1. The number of carbonyl (C=O) groups excluding carboxylic acids is 2. The Hall–Kier alpha value is -0.883. The van der Waals surface area contributed by atoms with Gasteiger partial charge in [-0.2, -0.15) is 0 Å². The number of amides is 1. The summed E-state index contributed by atoms with van der Waals surface area (Å²) in [5.41, 5.74) is -0.513. The quantitative estimate of drug-likeness (QED) is 0.615. The molecule has 2 N–H and O–H groups in total. The third kappa shape index (κ3) is 12.5. The number of hydrogen-bond acceptors (Lipinski definition) is 4. The molecule has 0 aromatic heterocycles. The molecule has 0 bridgehead atoms. The Balaban J connectivity index is 4.82. The molecule has 0 saturated heterocycles. The molecule has 0 aliphatic heterocycles. The van der Waals surface area contributed by atoms with Crippen molar-refractivity contribution < 1.29 is 14.3 Å². The van der Waals surface area contributed by atoms with Crippen molar-refractivity contribution in [2.45, 2.75) is 91.3 Å². The Morgan fingerprint density at radius 1 is 1.12 bits per heavy atom. The lowest BCUT2D eigenvalue weighted by Gasteiger charge is -2.29. The predicted octanol–water partition coefficient (Wildman–Crippen LogP) is 3.81. The molecule has 0 fully saturated rings. The van der Waals surface area contributed by atoms with Crippen molar-refractivity contribution in [2.75, 3.05) is 6.54 Å². The van der Waals surface area contributed by atoms with E-state index in [-0.39, 0.29) is 17.9 Å². The summed E-state index contributed by atoms with van der Waals surface area (Å²) in [5.74, 6) is 0.591. The van der Waals surface area contributed by atoms with Crippen LogP contribution in [0, 0.1) is 5.92 Å². The minimum atomic E-state index is -1.37. The molecule has 6 heteroatoms. The van der Waals surface area contributed by atoms with Gasteiger partial charge in [-0.25, -0.2) is 4.79 Å². The van der Waals surface area contributed by atoms with Gasteiger partial charge in [-0.1, -0.05) is 33.5 Å². The molecule has 0 unspecified atom stereocenters. The fraction of sp³-hybridized carbons (Fsp3) is 0.889. The number of rotatable bonds is 9. The fourth-order valence-corrected chi connectivity index (χ4v) is 4.26. The molecule has 0 aromatic carbocycles. The SMILES string of the molecule is CC(=O)[C@H](CC(C)C)NC[C@H](C[Si](C)(C)C)NC(=O)OC(C)(C)C. The third-order valence-corrected chi connectivity index (χ3v) is 5.11. The van der Waals surface area contributed by atoms with E-state index in [2.05, 4.69) is 44.1 Å². The zero-order chi connectivity index (χ0) is 19.1. The average molecular weight is 359 g/mol. The summed E-state index contributed by atoms with van der Waals surface area (Å²) in [6, 6.07) is 0.751. The largest absolute Gasteiger partial charge is 0.444 e. The van der Waals surface area contributed by atoms with Crippen LogP contribution in [-0.4, -0.2) is 44.2 Å². The van der Waals surface area contributed by atoms with Gasteiger partial charge in [0, 0.05) is 20.7 Å². The first-order chi connectivity index (χ1) is 10.7. The summed E-state index contributed by atoms with van der Waals surface area (Å²) >= 11 is 0. The highest BCUT2D eigenvalue weighted by atomic mass is 28.3. The Bertz CT molecular complexity index is 411. The van der Waals surface area contributed by atoms with Crippen LogP contribution in [0.1, 0.15) is 48.0 Å². The molecule has 0 aliphatic rings. The van der Waals surface area contributed by atoms with Gasteiger partial charge in [-0.3, -0.25) is 4.79 Å². The fourth-order valence-electron chi connectivity index (χ4n) is 2.54. The Morgan fingerprint density at radius 3 is 2.04 bits per heavy atom. The highest BCUT2D eigenvalue weighted by molar-refractivity contribution is 6.76. The molecule has 2 atom stereocenters. The van der Waals surface area contributed by atoms with Crippen LogP contribution in [0.3, 0.4) is 0 Å². The smallest absolute Gasteiger partial charge is 0.407 e. The first-order valence-corrected chi connectivity index (χ1v) is 12.6. The molecule has 0 spiro atoms. The van der Waals surface area contributed by atoms with Crippen molar-refractivity contribution >= 4 is 20.0 Å². The second-order valence-electron chi connectivity index (χ2n) is 9.31. The number of ether oxygens (including phenoxy) is 1. The Labute approximate surface area is 149 Å². The predicted molar refractivity (Wildman–Crippen MR) is 103 cm³/mol. The van der Waals surface area contributed by atoms with E-state index in [1.54, 1.807) is 6.92 Å². The maximum absolute atomic E-state index is 12.1. The molecule has 24 heavy (non-hydrogen) atoms. The maximum atomic E-state index is 12.1. The van der Waals surface area contributed by atoms with Crippen molar-refractivity contribution in [3.05, 3.63) is 0 Å². The van der Waals surface area contributed by atoms with Gasteiger partial charge in [0.25, 0.3) is 0 Å². The van der Waals surface area contributed by atoms with E-state index < -0.39 is 19.8 Å². The standard InChI is InChI=1S/C18H38N2O3Si/c1-13(2)10-16(14(3)21)19-11-15(12-24(7,8)9)20-17(22)23-18(4,5)6/h13,15-16,19H,10-12H2,1-9H3,(H,20,22)/t15-,16+/m1/s1. The van der Waals surface area contributed by atoms with Crippen LogP contribution >= 0.6 is 0 Å². The lowest BCUT2D eigenvalue weighted by atomic mass is 10.0. The molecule has 142 valence electrons. The zero-order valence-electron chi connectivity index (χ0n) is 17.1. The maximum Gasteiger partial charge on any atom is 0.407 e. The monoisotopic (exact) mass is 358 g/mol. The van der Waals surface area contributed by atoms with Crippen molar-refractivity contribution in [3.8, 4) is 0 Å². The van der Waals surface area contributed by atoms with Crippen LogP contribution in [0.5, 0.6) is 0 Å². The first-order valence-electron chi connectivity index (χ1n) is 8.93. The normalized spacial score (nSPS) is 15.1. The highest BCUT2D eigenvalue weighted by Gasteiger charge is 2.26. The Kier molecular flexibility index (Phi) is 9.21. The van der Waals surface area contributed by atoms with Gasteiger partial charge in [0.1, 0.15) is 11.4 Å². The Morgan fingerprint density at radius 2 is 1.67 bits per heavy atom. The van der Waals surface area contributed by atoms with Crippen LogP contribution in [0.4, 0.5) is 4.79 Å². The summed E-state index contributed by atoms with van der Waals surface area (Å²) < 4.78 is 5.37. The summed E-state index contributed by atoms with van der Waals surface area (Å²) in [7, 11) is -1.37. The average Bonchev–Trinajstić information content (AvgIpc) is 2.28. The number of carbonyl (C=O) groups is 2. The first kappa shape index (κ1) is 23.1. The van der Waals surface area contributed by atoms with Crippen LogP contribution in [0.25, 0.3) is 0 Å².